The van der Waals surface area contributed by atoms with Crippen LogP contribution in [-0.4, -0.2) is 13.2 Å². The van der Waals surface area contributed by atoms with Crippen LogP contribution in [-0.2, 0) is 9.47 Å². The SMILES string of the molecule is CCCCC1(CC)COC(c2ccc(Cl)cc2)OC1. The molecule has 0 radical (unpaired) electrons. The van der Waals surface area contributed by atoms with Gasteiger partial charge in [0.1, 0.15) is 0 Å². The van der Waals surface area contributed by atoms with Crippen LogP contribution in [0.1, 0.15) is 51.4 Å². The fourth-order valence-corrected chi connectivity index (χ4v) is 2.61. The molecule has 19 heavy (non-hydrogen) atoms. The second-order valence-corrected chi connectivity index (χ2v) is 5.90. The summed E-state index contributed by atoms with van der Waals surface area (Å²) in [6.45, 7) is 6.03. The highest BCUT2D eigenvalue weighted by Gasteiger charge is 2.35. The number of unbranched alkanes of at least 4 members (excludes halogenated alkanes) is 1. The van der Waals surface area contributed by atoms with Crippen molar-refractivity contribution in [2.75, 3.05) is 13.2 Å². The van der Waals surface area contributed by atoms with Crippen LogP contribution in [0.2, 0.25) is 5.02 Å². The molecule has 0 saturated carbocycles. The third-order valence-corrected chi connectivity index (χ3v) is 4.29. The fourth-order valence-electron chi connectivity index (χ4n) is 2.48. The predicted molar refractivity (Wildman–Crippen MR) is 78.3 cm³/mol. The molecule has 3 heteroatoms. The summed E-state index contributed by atoms with van der Waals surface area (Å²) in [5.41, 5.74) is 1.25. The van der Waals surface area contributed by atoms with Crippen molar-refractivity contribution in [1.82, 2.24) is 0 Å². The summed E-state index contributed by atoms with van der Waals surface area (Å²) in [7, 11) is 0. The Morgan fingerprint density at radius 1 is 1.16 bits per heavy atom. The van der Waals surface area contributed by atoms with Crippen molar-refractivity contribution in [3.63, 3.8) is 0 Å². The Morgan fingerprint density at radius 3 is 2.32 bits per heavy atom. The number of rotatable bonds is 5. The van der Waals surface area contributed by atoms with Gasteiger partial charge in [-0.25, -0.2) is 0 Å². The minimum atomic E-state index is -0.237. The molecule has 0 amide bonds. The number of benzene rings is 1. The molecule has 0 aromatic heterocycles. The molecule has 106 valence electrons. The van der Waals surface area contributed by atoms with Gasteiger partial charge in [-0.3, -0.25) is 0 Å². The van der Waals surface area contributed by atoms with Gasteiger partial charge in [-0.05, 0) is 25.0 Å². The van der Waals surface area contributed by atoms with E-state index in [1.807, 2.05) is 24.3 Å². The van der Waals surface area contributed by atoms with Crippen molar-refractivity contribution < 1.29 is 9.47 Å². The first-order valence-corrected chi connectivity index (χ1v) is 7.55. The van der Waals surface area contributed by atoms with Gasteiger partial charge < -0.3 is 9.47 Å². The first-order valence-electron chi connectivity index (χ1n) is 7.18. The van der Waals surface area contributed by atoms with E-state index in [1.54, 1.807) is 0 Å². The minimum Gasteiger partial charge on any atom is -0.348 e. The summed E-state index contributed by atoms with van der Waals surface area (Å²) in [6, 6.07) is 7.70. The maximum absolute atomic E-state index is 5.94. The van der Waals surface area contributed by atoms with Crippen LogP contribution >= 0.6 is 11.6 Å². The van der Waals surface area contributed by atoms with E-state index >= 15 is 0 Å². The van der Waals surface area contributed by atoms with Gasteiger partial charge in [0.25, 0.3) is 0 Å². The van der Waals surface area contributed by atoms with Crippen molar-refractivity contribution in [3.8, 4) is 0 Å². The van der Waals surface area contributed by atoms with Gasteiger partial charge >= 0.3 is 0 Å². The normalized spacial score (nSPS) is 27.4. The largest absolute Gasteiger partial charge is 0.348 e. The van der Waals surface area contributed by atoms with Crippen LogP contribution in [0.4, 0.5) is 0 Å². The summed E-state index contributed by atoms with van der Waals surface area (Å²) in [5.74, 6) is 0. The van der Waals surface area contributed by atoms with Gasteiger partial charge in [0.05, 0.1) is 13.2 Å². The molecule has 0 unspecified atom stereocenters. The molecule has 0 spiro atoms. The van der Waals surface area contributed by atoms with Crippen LogP contribution < -0.4 is 0 Å². The molecular weight excluding hydrogens is 260 g/mol. The van der Waals surface area contributed by atoms with Crippen LogP contribution in [0.3, 0.4) is 0 Å². The Kier molecular flexibility index (Phi) is 5.26. The van der Waals surface area contributed by atoms with Crippen molar-refractivity contribution in [3.05, 3.63) is 34.9 Å². The lowest BCUT2D eigenvalue weighted by Crippen LogP contribution is -2.38. The highest BCUT2D eigenvalue weighted by atomic mass is 35.5. The lowest BCUT2D eigenvalue weighted by atomic mass is 9.81. The van der Waals surface area contributed by atoms with E-state index in [9.17, 15) is 0 Å². The summed E-state index contributed by atoms with van der Waals surface area (Å²) in [5, 5.41) is 0.741. The standard InChI is InChI=1S/C16H23ClO2/c1-3-5-10-16(4-2)11-18-15(19-12-16)13-6-8-14(17)9-7-13/h6-9,15H,3-5,10-12H2,1-2H3. The molecule has 0 N–H and O–H groups in total. The maximum Gasteiger partial charge on any atom is 0.183 e. The molecule has 2 nitrogen and oxygen atoms in total. The van der Waals surface area contributed by atoms with E-state index in [4.69, 9.17) is 21.1 Å². The lowest BCUT2D eigenvalue weighted by Gasteiger charge is -2.39. The first-order chi connectivity index (χ1) is 9.19. The molecule has 2 rings (SSSR count). The summed E-state index contributed by atoms with van der Waals surface area (Å²) < 4.78 is 11.9. The molecule has 0 aliphatic carbocycles. The second kappa shape index (κ2) is 6.74. The number of hydrogen-bond donors (Lipinski definition) is 0. The Morgan fingerprint density at radius 2 is 1.79 bits per heavy atom. The van der Waals surface area contributed by atoms with Crippen molar-refractivity contribution in [1.29, 1.82) is 0 Å². The number of hydrogen-bond acceptors (Lipinski definition) is 2. The third kappa shape index (κ3) is 3.71. The molecule has 0 atom stereocenters. The average Bonchev–Trinajstić information content (AvgIpc) is 2.47. The zero-order valence-electron chi connectivity index (χ0n) is 11.8. The van der Waals surface area contributed by atoms with Crippen LogP contribution in [0.15, 0.2) is 24.3 Å². The Balaban J connectivity index is 1.95. The second-order valence-electron chi connectivity index (χ2n) is 5.46. The van der Waals surface area contributed by atoms with E-state index < -0.39 is 0 Å². The summed E-state index contributed by atoms with van der Waals surface area (Å²) >= 11 is 5.89. The molecule has 1 aromatic carbocycles. The fraction of sp³-hybridized carbons (Fsp3) is 0.625. The van der Waals surface area contributed by atoms with E-state index in [0.717, 1.165) is 30.2 Å². The quantitative estimate of drug-likeness (QED) is 0.759. The Labute approximate surface area is 121 Å². The highest BCUT2D eigenvalue weighted by molar-refractivity contribution is 6.30. The van der Waals surface area contributed by atoms with Crippen LogP contribution in [0.5, 0.6) is 0 Å². The summed E-state index contributed by atoms with van der Waals surface area (Å²) in [4.78, 5) is 0. The average molecular weight is 283 g/mol. The van der Waals surface area contributed by atoms with Gasteiger partial charge in [-0.2, -0.15) is 0 Å². The Hall–Kier alpha value is -0.570. The lowest BCUT2D eigenvalue weighted by molar-refractivity contribution is -0.236. The number of halogens is 1. The van der Waals surface area contributed by atoms with Crippen molar-refractivity contribution in [2.24, 2.45) is 5.41 Å². The monoisotopic (exact) mass is 282 g/mol. The summed E-state index contributed by atoms with van der Waals surface area (Å²) in [6.07, 6.45) is 4.53. The molecule has 1 fully saturated rings. The van der Waals surface area contributed by atoms with Gasteiger partial charge in [0.15, 0.2) is 6.29 Å². The van der Waals surface area contributed by atoms with E-state index in [0.29, 0.717) is 0 Å². The molecule has 1 aromatic rings. The predicted octanol–water partition coefficient (Wildman–Crippen LogP) is 4.97. The van der Waals surface area contributed by atoms with E-state index in [1.165, 1.54) is 19.3 Å². The number of ether oxygens (including phenoxy) is 2. The van der Waals surface area contributed by atoms with Crippen molar-refractivity contribution >= 4 is 11.6 Å². The molecule has 1 aliphatic heterocycles. The smallest absolute Gasteiger partial charge is 0.183 e. The van der Waals surface area contributed by atoms with Gasteiger partial charge in [-0.15, -0.1) is 0 Å². The zero-order valence-corrected chi connectivity index (χ0v) is 12.6. The Bertz CT molecular complexity index is 380. The molecular formula is C16H23ClO2. The minimum absolute atomic E-state index is 0.207. The third-order valence-electron chi connectivity index (χ3n) is 4.03. The first kappa shape index (κ1) is 14.8. The van der Waals surface area contributed by atoms with Crippen molar-refractivity contribution in [2.45, 2.75) is 45.8 Å². The maximum atomic E-state index is 5.94. The van der Waals surface area contributed by atoms with Gasteiger partial charge in [0, 0.05) is 16.0 Å². The highest BCUT2D eigenvalue weighted by Crippen LogP contribution is 2.37. The van der Waals surface area contributed by atoms with Crippen LogP contribution in [0, 0.1) is 5.41 Å². The van der Waals surface area contributed by atoms with Crippen LogP contribution in [0.25, 0.3) is 0 Å². The molecule has 1 saturated heterocycles. The molecule has 0 bridgehead atoms. The topological polar surface area (TPSA) is 18.5 Å². The zero-order chi connectivity index (χ0) is 13.7. The van der Waals surface area contributed by atoms with Gasteiger partial charge in [0.2, 0.25) is 0 Å². The van der Waals surface area contributed by atoms with Gasteiger partial charge in [-0.1, -0.05) is 50.4 Å². The van der Waals surface area contributed by atoms with E-state index in [2.05, 4.69) is 13.8 Å². The molecule has 1 heterocycles. The molecule has 1 aliphatic rings. The van der Waals surface area contributed by atoms with E-state index in [-0.39, 0.29) is 11.7 Å².